The monoisotopic (exact) mass is 202 g/mol. The molecule has 2 rings (SSSR count). The largest absolute Gasteiger partial charge is 0.508 e. The zero-order valence-corrected chi connectivity index (χ0v) is 7.43. The van der Waals surface area contributed by atoms with E-state index in [1.165, 1.54) is 0 Å². The molecule has 0 spiro atoms. The highest BCUT2D eigenvalue weighted by Gasteiger charge is 2.33. The highest BCUT2D eigenvalue weighted by Crippen LogP contribution is 2.21. The maximum absolute atomic E-state index is 10.6. The van der Waals surface area contributed by atoms with Gasteiger partial charge in [0.15, 0.2) is 0 Å². The van der Waals surface area contributed by atoms with Gasteiger partial charge in [0.25, 0.3) is 0 Å². The van der Waals surface area contributed by atoms with Gasteiger partial charge >= 0.3 is 12.3 Å². The molecule has 0 bridgehead atoms. The molecule has 6 nitrogen and oxygen atoms in total. The molecule has 0 aromatic carbocycles. The second-order valence-corrected chi connectivity index (χ2v) is 3.26. The normalized spacial score (nSPS) is 24.6. The van der Waals surface area contributed by atoms with Crippen LogP contribution < -0.4 is 0 Å². The number of hydrogen-bond acceptors (Lipinski definition) is 6. The summed E-state index contributed by atoms with van der Waals surface area (Å²) in [7, 11) is 0. The molecule has 0 aromatic heterocycles. The summed E-state index contributed by atoms with van der Waals surface area (Å²) in [5.74, 6) is 0.0848. The van der Waals surface area contributed by atoms with E-state index in [2.05, 4.69) is 0 Å². The number of rotatable bonds is 1. The summed E-state index contributed by atoms with van der Waals surface area (Å²) in [4.78, 5) is 21.2. The van der Waals surface area contributed by atoms with Crippen LogP contribution in [-0.4, -0.2) is 38.7 Å². The Morgan fingerprint density at radius 1 is 0.714 bits per heavy atom. The molecule has 2 heterocycles. The summed E-state index contributed by atoms with van der Waals surface area (Å²) in [5.41, 5.74) is 0. The molecule has 0 radical (unpaired) electrons. The smallest absolute Gasteiger partial charge is 0.434 e. The maximum Gasteiger partial charge on any atom is 0.508 e. The van der Waals surface area contributed by atoms with Crippen LogP contribution in [0.15, 0.2) is 0 Å². The van der Waals surface area contributed by atoms with Crippen LogP contribution in [0.2, 0.25) is 0 Å². The minimum Gasteiger partial charge on any atom is -0.434 e. The van der Waals surface area contributed by atoms with Crippen molar-refractivity contribution in [3.8, 4) is 0 Å². The van der Waals surface area contributed by atoms with Crippen molar-refractivity contribution in [1.29, 1.82) is 0 Å². The Kier molecular flexibility index (Phi) is 2.43. The lowest BCUT2D eigenvalue weighted by Gasteiger charge is -2.30. The van der Waals surface area contributed by atoms with E-state index in [4.69, 9.17) is 18.9 Å². The van der Waals surface area contributed by atoms with Crippen LogP contribution in [0.1, 0.15) is 0 Å². The van der Waals surface area contributed by atoms with Gasteiger partial charge in [0.05, 0.1) is 0 Å². The van der Waals surface area contributed by atoms with Gasteiger partial charge in [0, 0.05) is 11.8 Å². The highest BCUT2D eigenvalue weighted by atomic mass is 16.7. The molecule has 2 fully saturated rings. The van der Waals surface area contributed by atoms with Gasteiger partial charge in [0.1, 0.15) is 26.4 Å². The van der Waals surface area contributed by atoms with Gasteiger partial charge in [-0.15, -0.1) is 0 Å². The minimum atomic E-state index is -0.644. The molecule has 0 aromatic rings. The summed E-state index contributed by atoms with van der Waals surface area (Å²) < 4.78 is 18.9. The van der Waals surface area contributed by atoms with E-state index < -0.39 is 12.3 Å². The first kappa shape index (κ1) is 9.11. The van der Waals surface area contributed by atoms with E-state index in [-0.39, 0.29) is 11.8 Å². The van der Waals surface area contributed by atoms with E-state index >= 15 is 0 Å². The second-order valence-electron chi connectivity index (χ2n) is 3.26. The maximum atomic E-state index is 10.6. The van der Waals surface area contributed by atoms with Crippen LogP contribution >= 0.6 is 0 Å². The second kappa shape index (κ2) is 3.73. The van der Waals surface area contributed by atoms with E-state index in [9.17, 15) is 9.59 Å². The molecule has 0 amide bonds. The average molecular weight is 202 g/mol. The van der Waals surface area contributed by atoms with Crippen molar-refractivity contribution < 1.29 is 28.5 Å². The lowest BCUT2D eigenvalue weighted by molar-refractivity contribution is -0.0765. The lowest BCUT2D eigenvalue weighted by atomic mass is 9.94. The molecule has 0 unspecified atom stereocenters. The van der Waals surface area contributed by atoms with Gasteiger partial charge in [0.2, 0.25) is 0 Å². The lowest BCUT2D eigenvalue weighted by Crippen LogP contribution is -2.40. The number of carbonyl (C=O) groups is 2. The van der Waals surface area contributed by atoms with E-state index in [0.29, 0.717) is 26.4 Å². The van der Waals surface area contributed by atoms with E-state index in [0.717, 1.165) is 0 Å². The Morgan fingerprint density at radius 2 is 1.00 bits per heavy atom. The first-order chi connectivity index (χ1) is 6.75. The first-order valence-electron chi connectivity index (χ1n) is 4.35. The third kappa shape index (κ3) is 1.89. The molecule has 0 aliphatic carbocycles. The van der Waals surface area contributed by atoms with Crippen molar-refractivity contribution in [2.45, 2.75) is 0 Å². The molecule has 14 heavy (non-hydrogen) atoms. The fourth-order valence-corrected chi connectivity index (χ4v) is 1.42. The molecule has 6 heteroatoms. The fourth-order valence-electron chi connectivity index (χ4n) is 1.42. The molecule has 2 aliphatic heterocycles. The molecule has 2 saturated heterocycles. The van der Waals surface area contributed by atoms with Gasteiger partial charge in [-0.2, -0.15) is 0 Å². The van der Waals surface area contributed by atoms with Crippen LogP contribution in [0.3, 0.4) is 0 Å². The van der Waals surface area contributed by atoms with Crippen LogP contribution in [0.25, 0.3) is 0 Å². The number of carbonyl (C=O) groups excluding carboxylic acids is 2. The van der Waals surface area contributed by atoms with Crippen molar-refractivity contribution in [3.05, 3.63) is 0 Å². The molecule has 0 atom stereocenters. The van der Waals surface area contributed by atoms with Gasteiger partial charge in [-0.1, -0.05) is 0 Å². The number of hydrogen-bond donors (Lipinski definition) is 0. The Bertz CT molecular complexity index is 204. The first-order valence-corrected chi connectivity index (χ1v) is 4.35. The molecule has 0 N–H and O–H groups in total. The molecule has 0 saturated carbocycles. The SMILES string of the molecule is O=C1OCC(C2COC(=O)OC2)CO1. The summed E-state index contributed by atoms with van der Waals surface area (Å²) in [6.45, 7) is 1.18. The third-order valence-corrected chi connectivity index (χ3v) is 2.33. The van der Waals surface area contributed by atoms with Gasteiger partial charge in [-0.3, -0.25) is 0 Å². The van der Waals surface area contributed by atoms with Crippen LogP contribution in [-0.2, 0) is 18.9 Å². The number of cyclic esters (lactones) is 4. The zero-order chi connectivity index (χ0) is 9.97. The van der Waals surface area contributed by atoms with Crippen LogP contribution in [0, 0.1) is 11.8 Å². The molecular formula is C8H10O6. The van der Waals surface area contributed by atoms with E-state index in [1.807, 2.05) is 0 Å². The molecule has 78 valence electrons. The predicted octanol–water partition coefficient (Wildman–Crippen LogP) is 0.552. The Morgan fingerprint density at radius 3 is 1.29 bits per heavy atom. The minimum absolute atomic E-state index is 0.0424. The summed E-state index contributed by atoms with van der Waals surface area (Å²) in [6.07, 6.45) is -1.29. The predicted molar refractivity (Wildman–Crippen MR) is 41.6 cm³/mol. The van der Waals surface area contributed by atoms with Crippen LogP contribution in [0.4, 0.5) is 9.59 Å². The average Bonchev–Trinajstić information content (AvgIpc) is 2.21. The quantitative estimate of drug-likeness (QED) is 0.578. The molecular weight excluding hydrogens is 192 g/mol. The Hall–Kier alpha value is -1.46. The Balaban J connectivity index is 1.83. The third-order valence-electron chi connectivity index (χ3n) is 2.33. The van der Waals surface area contributed by atoms with Crippen LogP contribution in [0.5, 0.6) is 0 Å². The van der Waals surface area contributed by atoms with Crippen molar-refractivity contribution in [3.63, 3.8) is 0 Å². The van der Waals surface area contributed by atoms with Gasteiger partial charge in [-0.05, 0) is 0 Å². The van der Waals surface area contributed by atoms with Crippen molar-refractivity contribution in [2.24, 2.45) is 11.8 Å². The summed E-state index contributed by atoms with van der Waals surface area (Å²) >= 11 is 0. The van der Waals surface area contributed by atoms with Crippen molar-refractivity contribution >= 4 is 12.3 Å². The Labute approximate surface area is 80.1 Å². The zero-order valence-electron chi connectivity index (χ0n) is 7.43. The highest BCUT2D eigenvalue weighted by molar-refractivity contribution is 5.61. The summed E-state index contributed by atoms with van der Waals surface area (Å²) in [5, 5.41) is 0. The van der Waals surface area contributed by atoms with E-state index in [1.54, 1.807) is 0 Å². The van der Waals surface area contributed by atoms with Gasteiger partial charge in [-0.25, -0.2) is 9.59 Å². The molecule has 2 aliphatic rings. The topological polar surface area (TPSA) is 71.1 Å². The number of ether oxygens (including phenoxy) is 4. The fraction of sp³-hybridized carbons (Fsp3) is 0.750. The summed E-state index contributed by atoms with van der Waals surface area (Å²) in [6, 6.07) is 0. The van der Waals surface area contributed by atoms with Crippen molar-refractivity contribution in [2.75, 3.05) is 26.4 Å². The van der Waals surface area contributed by atoms with Gasteiger partial charge < -0.3 is 18.9 Å². The van der Waals surface area contributed by atoms with Crippen molar-refractivity contribution in [1.82, 2.24) is 0 Å². The standard InChI is InChI=1S/C8H10O6/c9-7-11-1-5(2-12-7)6-3-13-8(10)14-4-6/h5-6H,1-4H2.